The minimum absolute atomic E-state index is 0.0619. The SMILES string of the molecule is Cc1cn(C2CC2)c2c(F)c(N3CC[C@H](N)C3)c(F)c(NNC(=O)OCC3=C(C(=O)O)N4C(=O)[C@H]([C@@H](C)O)[C@H]4S3)c2c1=O. The molecule has 4 heterocycles. The molecule has 1 saturated carbocycles. The fourth-order valence-corrected chi connectivity index (χ4v) is 7.44. The number of aryl methyl sites for hydroxylation is 1. The number of aliphatic hydroxyl groups excluding tert-OH is 1. The average Bonchev–Trinajstić information content (AvgIpc) is 3.62. The van der Waals surface area contributed by atoms with Crippen LogP contribution in [0, 0.1) is 24.5 Å². The minimum Gasteiger partial charge on any atom is -0.477 e. The Balaban J connectivity index is 1.28. The van der Waals surface area contributed by atoms with Crippen molar-refractivity contribution in [2.75, 3.05) is 30.0 Å². The number of carbonyl (C=O) groups excluding carboxylic acids is 2. The molecule has 4 atom stereocenters. The molecule has 2 amide bonds. The quantitative estimate of drug-likeness (QED) is 0.214. The Labute approximate surface area is 247 Å². The van der Waals surface area contributed by atoms with Gasteiger partial charge in [-0.05, 0) is 33.1 Å². The summed E-state index contributed by atoms with van der Waals surface area (Å²) in [6.45, 7) is 2.92. The molecule has 1 aromatic carbocycles. The number of amides is 2. The van der Waals surface area contributed by atoms with E-state index in [1.54, 1.807) is 17.7 Å². The van der Waals surface area contributed by atoms with Gasteiger partial charge in [0.15, 0.2) is 17.1 Å². The molecular formula is C27H30F2N6O7S. The Hall–Kier alpha value is -3.89. The number of β-lactam (4-membered cyclic amide) rings is 1. The normalized spacial score (nSPS) is 23.9. The molecule has 6 N–H and O–H groups in total. The number of ether oxygens (including phenoxy) is 1. The zero-order chi connectivity index (χ0) is 30.9. The lowest BCUT2D eigenvalue weighted by Crippen LogP contribution is -2.60. The number of aliphatic hydroxyl groups is 1. The van der Waals surface area contributed by atoms with Crippen molar-refractivity contribution in [2.24, 2.45) is 11.7 Å². The maximum atomic E-state index is 16.1. The Morgan fingerprint density at radius 2 is 1.95 bits per heavy atom. The number of fused-ring (bicyclic) bond motifs is 2. The van der Waals surface area contributed by atoms with Crippen molar-refractivity contribution in [1.82, 2.24) is 14.9 Å². The summed E-state index contributed by atoms with van der Waals surface area (Å²) in [6, 6.07) is -0.355. The van der Waals surface area contributed by atoms with Crippen LogP contribution in [0.3, 0.4) is 0 Å². The first-order valence-corrected chi connectivity index (χ1v) is 14.7. The smallest absolute Gasteiger partial charge is 0.426 e. The molecule has 4 aliphatic rings. The second-order valence-electron chi connectivity index (χ2n) is 11.2. The number of nitrogens with two attached hydrogens (primary N) is 1. The lowest BCUT2D eigenvalue weighted by atomic mass is 9.92. The number of benzene rings is 1. The number of carbonyl (C=O) groups is 3. The number of thioether (sulfide) groups is 1. The van der Waals surface area contributed by atoms with E-state index in [0.717, 1.165) is 29.5 Å². The maximum absolute atomic E-state index is 16.1. The van der Waals surface area contributed by atoms with Gasteiger partial charge in [-0.25, -0.2) is 23.8 Å². The number of nitrogens with one attached hydrogen (secondary N) is 2. The summed E-state index contributed by atoms with van der Waals surface area (Å²) in [5.74, 6) is -4.73. The summed E-state index contributed by atoms with van der Waals surface area (Å²) >= 11 is 0.986. The number of rotatable bonds is 8. The number of anilines is 2. The molecular weight excluding hydrogens is 590 g/mol. The molecule has 0 bridgehead atoms. The highest BCUT2D eigenvalue weighted by Gasteiger charge is 2.57. The monoisotopic (exact) mass is 620 g/mol. The summed E-state index contributed by atoms with van der Waals surface area (Å²) in [7, 11) is 0. The fraction of sp³-hybridized carbons (Fsp3) is 0.481. The molecule has 13 nitrogen and oxygen atoms in total. The molecule has 230 valence electrons. The van der Waals surface area contributed by atoms with Gasteiger partial charge in [0, 0.05) is 36.9 Å². The van der Waals surface area contributed by atoms with Crippen molar-refractivity contribution >= 4 is 52.0 Å². The van der Waals surface area contributed by atoms with E-state index in [-0.39, 0.29) is 51.4 Å². The molecule has 2 aromatic rings. The number of aliphatic carboxylic acids is 1. The highest BCUT2D eigenvalue weighted by Crippen LogP contribution is 2.50. The Morgan fingerprint density at radius 3 is 2.56 bits per heavy atom. The van der Waals surface area contributed by atoms with Crippen molar-refractivity contribution in [2.45, 2.75) is 56.7 Å². The predicted molar refractivity (Wildman–Crippen MR) is 152 cm³/mol. The summed E-state index contributed by atoms with van der Waals surface area (Å²) in [4.78, 5) is 52.8. The highest BCUT2D eigenvalue weighted by molar-refractivity contribution is 8.04. The van der Waals surface area contributed by atoms with Gasteiger partial charge in [0.05, 0.1) is 27.8 Å². The average molecular weight is 621 g/mol. The van der Waals surface area contributed by atoms with Gasteiger partial charge in [0.1, 0.15) is 29.1 Å². The standard InChI is InChI=1S/C27H30F2N6O7S/c1-10-7-34(13-3-4-13)21-16(23(10)37)19(17(28)22(18(21)29)33-6-5-12(30)8-33)31-32-27(41)42-9-14-20(26(39)40)35-24(38)15(11(2)36)25(35)43-14/h7,11-13,15,25,31,36H,3-6,8-9,30H2,1-2H3,(H,32,41)(H,39,40)/t11-,12+,15+,25-/m1/s1. The van der Waals surface area contributed by atoms with Crippen molar-refractivity contribution in [3.05, 3.63) is 44.2 Å². The first kappa shape index (κ1) is 29.2. The highest BCUT2D eigenvalue weighted by atomic mass is 32.2. The molecule has 1 aromatic heterocycles. The molecule has 6 rings (SSSR count). The number of halogens is 2. The van der Waals surface area contributed by atoms with Crippen molar-refractivity contribution in [1.29, 1.82) is 0 Å². The molecule has 16 heteroatoms. The molecule has 0 unspecified atom stereocenters. The van der Waals surface area contributed by atoms with Crippen molar-refractivity contribution in [3.63, 3.8) is 0 Å². The summed E-state index contributed by atoms with van der Waals surface area (Å²) in [6.07, 6.45) is 1.44. The van der Waals surface area contributed by atoms with E-state index in [1.807, 2.05) is 0 Å². The molecule has 43 heavy (non-hydrogen) atoms. The van der Waals surface area contributed by atoms with Gasteiger partial charge >= 0.3 is 12.1 Å². The van der Waals surface area contributed by atoms with Gasteiger partial charge < -0.3 is 30.2 Å². The third-order valence-electron chi connectivity index (χ3n) is 8.19. The maximum Gasteiger partial charge on any atom is 0.426 e. The number of hydrogen-bond acceptors (Lipinski definition) is 10. The first-order valence-electron chi connectivity index (χ1n) is 13.8. The van der Waals surface area contributed by atoms with Crippen LogP contribution in [0.15, 0.2) is 21.6 Å². The molecule has 3 fully saturated rings. The number of pyridine rings is 1. The van der Waals surface area contributed by atoms with E-state index in [4.69, 9.17) is 10.5 Å². The Bertz CT molecular complexity index is 1660. The third kappa shape index (κ3) is 4.77. The van der Waals surface area contributed by atoms with Crippen LogP contribution in [0.1, 0.15) is 37.8 Å². The fourth-order valence-electron chi connectivity index (χ4n) is 5.92. The van der Waals surface area contributed by atoms with Crippen LogP contribution in [0.25, 0.3) is 10.9 Å². The lowest BCUT2D eigenvalue weighted by molar-refractivity contribution is -0.156. The van der Waals surface area contributed by atoms with Crippen LogP contribution in [-0.2, 0) is 14.3 Å². The minimum atomic E-state index is -1.40. The first-order chi connectivity index (χ1) is 20.4. The second kappa shape index (κ2) is 10.7. The Morgan fingerprint density at radius 1 is 1.23 bits per heavy atom. The second-order valence-corrected chi connectivity index (χ2v) is 12.4. The summed E-state index contributed by atoms with van der Waals surface area (Å²) in [5, 5.41) is 18.6. The zero-order valence-electron chi connectivity index (χ0n) is 23.2. The third-order valence-corrected chi connectivity index (χ3v) is 9.53. The van der Waals surface area contributed by atoms with Gasteiger partial charge in [-0.1, -0.05) is 11.8 Å². The molecule has 1 aliphatic carbocycles. The van der Waals surface area contributed by atoms with Gasteiger partial charge in [0.25, 0.3) is 0 Å². The number of carboxylic acid groups (broad SMARTS) is 1. The van der Waals surface area contributed by atoms with Crippen LogP contribution >= 0.6 is 11.8 Å². The number of aromatic nitrogens is 1. The largest absolute Gasteiger partial charge is 0.477 e. The lowest BCUT2D eigenvalue weighted by Gasteiger charge is -2.43. The number of carboxylic acids is 1. The molecule has 3 aliphatic heterocycles. The van der Waals surface area contributed by atoms with Crippen LogP contribution in [0.4, 0.5) is 25.0 Å². The van der Waals surface area contributed by atoms with E-state index < -0.39 is 64.7 Å². The number of hydrogen-bond donors (Lipinski definition) is 5. The van der Waals surface area contributed by atoms with Gasteiger partial charge in [0.2, 0.25) is 5.91 Å². The summed E-state index contributed by atoms with van der Waals surface area (Å²) in [5.41, 5.74) is 8.97. The van der Waals surface area contributed by atoms with Crippen LogP contribution in [0.5, 0.6) is 0 Å². The zero-order valence-corrected chi connectivity index (χ0v) is 24.0. The van der Waals surface area contributed by atoms with E-state index in [1.165, 1.54) is 11.8 Å². The van der Waals surface area contributed by atoms with E-state index in [0.29, 0.717) is 13.0 Å². The van der Waals surface area contributed by atoms with Gasteiger partial charge in [-0.3, -0.25) is 19.9 Å². The van der Waals surface area contributed by atoms with Gasteiger partial charge in [-0.15, -0.1) is 0 Å². The summed E-state index contributed by atoms with van der Waals surface area (Å²) < 4.78 is 39.0. The molecule has 0 spiro atoms. The van der Waals surface area contributed by atoms with E-state index in [9.17, 15) is 29.4 Å². The topological polar surface area (TPSA) is 179 Å². The van der Waals surface area contributed by atoms with Crippen LogP contribution < -0.4 is 26.9 Å². The van der Waals surface area contributed by atoms with E-state index in [2.05, 4.69) is 10.9 Å². The van der Waals surface area contributed by atoms with E-state index >= 15 is 8.78 Å². The predicted octanol–water partition coefficient (Wildman–Crippen LogP) is 1.72. The van der Waals surface area contributed by atoms with Crippen LogP contribution in [0.2, 0.25) is 0 Å². The van der Waals surface area contributed by atoms with Gasteiger partial charge in [-0.2, -0.15) is 0 Å². The Kier molecular flexibility index (Phi) is 7.25. The molecule has 0 radical (unpaired) electrons. The van der Waals surface area contributed by atoms with Crippen molar-refractivity contribution < 1.29 is 38.1 Å². The molecule has 2 saturated heterocycles. The van der Waals surface area contributed by atoms with Crippen LogP contribution in [-0.4, -0.2) is 74.9 Å². The number of nitrogens with zero attached hydrogens (tertiary/aromatic N) is 3. The number of hydrazine groups is 1. The van der Waals surface area contributed by atoms with Crippen molar-refractivity contribution in [3.8, 4) is 0 Å².